The number of thiocarbonyl (C=S) groups is 1. The molecule has 0 spiro atoms. The Morgan fingerprint density at radius 1 is 1.20 bits per heavy atom. The summed E-state index contributed by atoms with van der Waals surface area (Å²) >= 11 is 5.17. The molecule has 0 aromatic heterocycles. The van der Waals surface area contributed by atoms with Crippen molar-refractivity contribution in [2.75, 3.05) is 25.6 Å². The number of hydrogen-bond acceptors (Lipinski definition) is 6. The lowest BCUT2D eigenvalue weighted by Gasteiger charge is -2.13. The molecule has 0 radical (unpaired) electrons. The third-order valence-electron chi connectivity index (χ3n) is 4.53. The Kier molecular flexibility index (Phi) is 7.38. The van der Waals surface area contributed by atoms with Crippen molar-refractivity contribution in [2.45, 2.75) is 23.8 Å². The maximum absolute atomic E-state index is 12.4. The van der Waals surface area contributed by atoms with Crippen LogP contribution in [0.15, 0.2) is 53.4 Å². The van der Waals surface area contributed by atoms with Gasteiger partial charge in [0.15, 0.2) is 5.11 Å². The van der Waals surface area contributed by atoms with E-state index in [4.69, 9.17) is 21.7 Å². The van der Waals surface area contributed by atoms with Gasteiger partial charge in [-0.05, 0) is 61.5 Å². The van der Waals surface area contributed by atoms with E-state index in [9.17, 15) is 13.2 Å². The highest BCUT2D eigenvalue weighted by Gasteiger charge is 2.20. The van der Waals surface area contributed by atoms with Gasteiger partial charge in [0.05, 0.1) is 23.7 Å². The molecule has 1 saturated heterocycles. The molecule has 1 fully saturated rings. The lowest BCUT2D eigenvalue weighted by Crippen LogP contribution is -2.34. The lowest BCUT2D eigenvalue weighted by molar-refractivity contribution is 0.0974. The predicted molar refractivity (Wildman–Crippen MR) is 117 cm³/mol. The van der Waals surface area contributed by atoms with Crippen molar-refractivity contribution in [3.63, 3.8) is 0 Å². The second kappa shape index (κ2) is 9.98. The minimum atomic E-state index is -3.63. The molecule has 0 bridgehead atoms. The van der Waals surface area contributed by atoms with E-state index >= 15 is 0 Å². The Labute approximate surface area is 181 Å². The number of sulfonamides is 1. The minimum absolute atomic E-state index is 0.0788. The zero-order valence-corrected chi connectivity index (χ0v) is 18.0. The molecule has 2 aromatic carbocycles. The van der Waals surface area contributed by atoms with Crippen LogP contribution in [0.2, 0.25) is 0 Å². The first-order valence-corrected chi connectivity index (χ1v) is 11.2. The lowest BCUT2D eigenvalue weighted by atomic mass is 10.2. The predicted octanol–water partition coefficient (Wildman–Crippen LogP) is 2.28. The summed E-state index contributed by atoms with van der Waals surface area (Å²) in [5.74, 6) is 0.0188. The molecule has 1 heterocycles. The van der Waals surface area contributed by atoms with Crippen molar-refractivity contribution in [1.29, 1.82) is 0 Å². The van der Waals surface area contributed by atoms with Gasteiger partial charge in [-0.2, -0.15) is 0 Å². The summed E-state index contributed by atoms with van der Waals surface area (Å²) in [6.45, 7) is 0.918. The average molecular weight is 450 g/mol. The fourth-order valence-electron chi connectivity index (χ4n) is 2.97. The first kappa shape index (κ1) is 22.2. The van der Waals surface area contributed by atoms with Gasteiger partial charge >= 0.3 is 0 Å². The van der Waals surface area contributed by atoms with Gasteiger partial charge in [0.1, 0.15) is 5.75 Å². The van der Waals surface area contributed by atoms with Gasteiger partial charge in [-0.1, -0.05) is 12.1 Å². The van der Waals surface area contributed by atoms with Crippen LogP contribution in [0.1, 0.15) is 23.2 Å². The van der Waals surface area contributed by atoms with Crippen molar-refractivity contribution < 1.29 is 22.7 Å². The molecule has 1 unspecified atom stereocenters. The summed E-state index contributed by atoms with van der Waals surface area (Å²) < 4.78 is 38.0. The third kappa shape index (κ3) is 5.76. The van der Waals surface area contributed by atoms with E-state index in [2.05, 4.69) is 15.4 Å². The van der Waals surface area contributed by atoms with Crippen LogP contribution in [0.3, 0.4) is 0 Å². The molecular formula is C20H23N3O5S2. The fraction of sp³-hybridized carbons (Fsp3) is 0.300. The zero-order chi connectivity index (χ0) is 21.6. The van der Waals surface area contributed by atoms with Crippen LogP contribution in [0.25, 0.3) is 0 Å². The van der Waals surface area contributed by atoms with Crippen LogP contribution < -0.4 is 20.1 Å². The Bertz CT molecular complexity index is 1000. The van der Waals surface area contributed by atoms with E-state index in [-0.39, 0.29) is 22.7 Å². The second-order valence-corrected chi connectivity index (χ2v) is 8.80. The molecule has 1 aliphatic rings. The van der Waals surface area contributed by atoms with Crippen molar-refractivity contribution in [3.8, 4) is 5.75 Å². The maximum Gasteiger partial charge on any atom is 0.261 e. The van der Waals surface area contributed by atoms with Crippen LogP contribution in [-0.2, 0) is 14.8 Å². The van der Waals surface area contributed by atoms with E-state index in [1.54, 1.807) is 36.4 Å². The molecule has 3 rings (SSSR count). The van der Waals surface area contributed by atoms with Gasteiger partial charge in [-0.25, -0.2) is 13.1 Å². The number of carbonyl (C=O) groups is 1. The summed E-state index contributed by atoms with van der Waals surface area (Å²) in [5.41, 5.74) is 0.890. The van der Waals surface area contributed by atoms with Crippen LogP contribution in [-0.4, -0.2) is 45.8 Å². The molecule has 1 amide bonds. The van der Waals surface area contributed by atoms with E-state index < -0.39 is 15.9 Å². The number of carbonyl (C=O) groups excluding carboxylic acids is 1. The molecule has 0 aliphatic carbocycles. The molecule has 2 aromatic rings. The standard InChI is InChI=1S/C20H23N3O5S2/c1-27-18-7-3-2-6-17(18)19(24)23-20(29)22-14-8-10-16(11-9-14)30(25,26)21-13-15-5-4-12-28-15/h2-3,6-11,15,21H,4-5,12-13H2,1H3,(H2,22,23,24,29). The maximum atomic E-state index is 12.4. The van der Waals surface area contributed by atoms with Crippen LogP contribution in [0.5, 0.6) is 5.75 Å². The van der Waals surface area contributed by atoms with Crippen molar-refractivity contribution in [1.82, 2.24) is 10.0 Å². The number of para-hydroxylation sites is 1. The molecule has 1 atom stereocenters. The third-order valence-corrected chi connectivity index (χ3v) is 6.17. The van der Waals surface area contributed by atoms with Crippen LogP contribution >= 0.6 is 12.2 Å². The molecule has 160 valence electrons. The topological polar surface area (TPSA) is 106 Å². The highest BCUT2D eigenvalue weighted by atomic mass is 32.2. The zero-order valence-electron chi connectivity index (χ0n) is 16.4. The Morgan fingerprint density at radius 3 is 2.60 bits per heavy atom. The highest BCUT2D eigenvalue weighted by Crippen LogP contribution is 2.18. The molecule has 8 nitrogen and oxygen atoms in total. The number of rotatable bonds is 7. The number of benzene rings is 2. The summed E-state index contributed by atoms with van der Waals surface area (Å²) in [6.07, 6.45) is 1.72. The van der Waals surface area contributed by atoms with Gasteiger partial charge in [-0.3, -0.25) is 10.1 Å². The molecular weight excluding hydrogens is 426 g/mol. The first-order chi connectivity index (χ1) is 14.4. The largest absolute Gasteiger partial charge is 0.496 e. The minimum Gasteiger partial charge on any atom is -0.496 e. The molecule has 3 N–H and O–H groups in total. The van der Waals surface area contributed by atoms with Crippen molar-refractivity contribution in [2.24, 2.45) is 0 Å². The van der Waals surface area contributed by atoms with E-state index in [1.807, 2.05) is 0 Å². The van der Waals surface area contributed by atoms with E-state index in [0.29, 0.717) is 23.6 Å². The highest BCUT2D eigenvalue weighted by molar-refractivity contribution is 7.89. The molecule has 0 saturated carbocycles. The fourth-order valence-corrected chi connectivity index (χ4v) is 4.25. The number of nitrogens with one attached hydrogen (secondary N) is 3. The average Bonchev–Trinajstić information content (AvgIpc) is 3.26. The van der Waals surface area contributed by atoms with Gasteiger partial charge in [0, 0.05) is 18.8 Å². The number of ether oxygens (including phenoxy) is 2. The van der Waals surface area contributed by atoms with Gasteiger partial charge in [0.25, 0.3) is 5.91 Å². The SMILES string of the molecule is COc1ccccc1C(=O)NC(=S)Nc1ccc(S(=O)(=O)NCC2CCCO2)cc1. The quantitative estimate of drug-likeness (QED) is 0.557. The molecule has 1 aliphatic heterocycles. The smallest absolute Gasteiger partial charge is 0.261 e. The summed E-state index contributed by atoms with van der Waals surface area (Å²) in [6, 6.07) is 12.9. The number of amides is 1. The van der Waals surface area contributed by atoms with Gasteiger partial charge in [0.2, 0.25) is 10.0 Å². The van der Waals surface area contributed by atoms with Crippen molar-refractivity contribution >= 4 is 38.9 Å². The second-order valence-electron chi connectivity index (χ2n) is 6.62. The number of anilines is 1. The summed E-state index contributed by atoms with van der Waals surface area (Å²) in [4.78, 5) is 12.5. The van der Waals surface area contributed by atoms with E-state index in [0.717, 1.165) is 12.8 Å². The Hall–Kier alpha value is -2.53. The first-order valence-electron chi connectivity index (χ1n) is 9.36. The van der Waals surface area contributed by atoms with E-state index in [1.165, 1.54) is 19.2 Å². The van der Waals surface area contributed by atoms with Crippen LogP contribution in [0.4, 0.5) is 5.69 Å². The molecule has 30 heavy (non-hydrogen) atoms. The Balaban J connectivity index is 1.56. The summed E-state index contributed by atoms with van der Waals surface area (Å²) in [5, 5.41) is 5.51. The molecule has 10 heteroatoms. The normalized spacial score (nSPS) is 16.1. The van der Waals surface area contributed by atoms with Gasteiger partial charge < -0.3 is 14.8 Å². The van der Waals surface area contributed by atoms with Gasteiger partial charge in [-0.15, -0.1) is 0 Å². The van der Waals surface area contributed by atoms with Crippen molar-refractivity contribution in [3.05, 3.63) is 54.1 Å². The monoisotopic (exact) mass is 449 g/mol. The van der Waals surface area contributed by atoms with Crippen LogP contribution in [0, 0.1) is 0 Å². The number of methoxy groups -OCH3 is 1. The summed E-state index contributed by atoms with van der Waals surface area (Å²) in [7, 11) is -2.15. The Morgan fingerprint density at radius 2 is 1.93 bits per heavy atom. The number of hydrogen-bond donors (Lipinski definition) is 3.